The molecule has 0 radical (unpaired) electrons. The molecular weight excluding hydrogens is 242 g/mol. The summed E-state index contributed by atoms with van der Waals surface area (Å²) in [5, 5.41) is 12.7. The number of aliphatic hydroxyl groups is 1. The summed E-state index contributed by atoms with van der Waals surface area (Å²) >= 11 is 0. The zero-order valence-corrected chi connectivity index (χ0v) is 12.2. The van der Waals surface area contributed by atoms with E-state index in [1.54, 1.807) is 0 Å². The maximum Gasteiger partial charge on any atom is 0.148 e. The fourth-order valence-electron chi connectivity index (χ4n) is 1.78. The molecule has 0 spiro atoms. The normalized spacial score (nSPS) is 12.6. The summed E-state index contributed by atoms with van der Waals surface area (Å²) in [6, 6.07) is -0.0336. The second-order valence-electron chi connectivity index (χ2n) is 5.03. The summed E-state index contributed by atoms with van der Waals surface area (Å²) < 4.78 is 0. The maximum atomic E-state index is 9.40. The topological polar surface area (TPSA) is 96.1 Å². The molecule has 6 nitrogen and oxygen atoms in total. The Kier molecular flexibility index (Phi) is 5.98. The minimum absolute atomic E-state index is 0.0336. The molecule has 0 aliphatic heterocycles. The minimum Gasteiger partial charge on any atom is -0.394 e. The number of nitrogen functional groups attached to an aromatic ring is 1. The smallest absolute Gasteiger partial charge is 0.148 e. The van der Waals surface area contributed by atoms with Crippen LogP contribution in [0, 0.1) is 12.8 Å². The second kappa shape index (κ2) is 7.25. The average Bonchev–Trinajstić information content (AvgIpc) is 2.38. The van der Waals surface area contributed by atoms with Crippen LogP contribution in [0.1, 0.15) is 38.6 Å². The maximum absolute atomic E-state index is 9.40. The molecule has 1 rings (SSSR count). The number of nitrogens with two attached hydrogens (primary N) is 1. The summed E-state index contributed by atoms with van der Waals surface area (Å²) in [5.74, 6) is 7.91. The van der Waals surface area contributed by atoms with Gasteiger partial charge in [0.25, 0.3) is 0 Å². The molecule has 0 fully saturated rings. The van der Waals surface area contributed by atoms with Crippen molar-refractivity contribution in [3.05, 3.63) is 11.4 Å². The van der Waals surface area contributed by atoms with Gasteiger partial charge >= 0.3 is 0 Å². The van der Waals surface area contributed by atoms with E-state index in [1.165, 1.54) is 0 Å². The third kappa shape index (κ3) is 4.04. The predicted octanol–water partition coefficient (Wildman–Crippen LogP) is 1.45. The van der Waals surface area contributed by atoms with Crippen LogP contribution in [0.2, 0.25) is 0 Å². The van der Waals surface area contributed by atoms with Gasteiger partial charge < -0.3 is 15.8 Å². The van der Waals surface area contributed by atoms with E-state index in [0.717, 1.165) is 30.0 Å². The quantitative estimate of drug-likeness (QED) is 0.441. The number of aryl methyl sites for hydroxylation is 1. The Morgan fingerprint density at radius 2 is 1.89 bits per heavy atom. The Balaban J connectivity index is 3.06. The Bertz CT molecular complexity index is 408. The standard InChI is InChI=1S/C13H25N5O/c1-5-6-11-16-12(9(4)13(17-11)18-14)15-10(7-19)8(2)3/h8,10,19H,5-7,14H2,1-4H3,(H2,15,16,17,18)/t10-/m1/s1. The van der Waals surface area contributed by atoms with Crippen molar-refractivity contribution in [2.24, 2.45) is 11.8 Å². The Hall–Kier alpha value is -1.40. The number of hydrazine groups is 1. The lowest BCUT2D eigenvalue weighted by molar-refractivity contribution is 0.249. The van der Waals surface area contributed by atoms with Crippen molar-refractivity contribution in [1.29, 1.82) is 0 Å². The van der Waals surface area contributed by atoms with Crippen LogP contribution in [0.25, 0.3) is 0 Å². The molecule has 1 aromatic heterocycles. The summed E-state index contributed by atoms with van der Waals surface area (Å²) in [5.41, 5.74) is 3.46. The Labute approximate surface area is 114 Å². The van der Waals surface area contributed by atoms with E-state index < -0.39 is 0 Å². The van der Waals surface area contributed by atoms with Gasteiger partial charge in [-0.25, -0.2) is 15.8 Å². The molecule has 1 aromatic rings. The fraction of sp³-hybridized carbons (Fsp3) is 0.692. The highest BCUT2D eigenvalue weighted by molar-refractivity contribution is 5.57. The van der Waals surface area contributed by atoms with Crippen molar-refractivity contribution in [2.75, 3.05) is 17.3 Å². The number of nitrogens with zero attached hydrogens (tertiary/aromatic N) is 2. The number of anilines is 2. The zero-order chi connectivity index (χ0) is 14.4. The van der Waals surface area contributed by atoms with Crippen LogP contribution in [0.4, 0.5) is 11.6 Å². The van der Waals surface area contributed by atoms with E-state index in [0.29, 0.717) is 11.7 Å². The van der Waals surface area contributed by atoms with Crippen LogP contribution in [-0.2, 0) is 6.42 Å². The highest BCUT2D eigenvalue weighted by Gasteiger charge is 2.16. The van der Waals surface area contributed by atoms with Gasteiger partial charge in [0, 0.05) is 12.0 Å². The molecule has 1 atom stereocenters. The van der Waals surface area contributed by atoms with E-state index in [4.69, 9.17) is 5.84 Å². The molecular formula is C13H25N5O. The van der Waals surface area contributed by atoms with Gasteiger partial charge in [-0.05, 0) is 19.3 Å². The number of aromatic nitrogens is 2. The summed E-state index contributed by atoms with van der Waals surface area (Å²) in [4.78, 5) is 8.88. The average molecular weight is 267 g/mol. The van der Waals surface area contributed by atoms with Gasteiger partial charge in [0.15, 0.2) is 0 Å². The van der Waals surface area contributed by atoms with E-state index in [-0.39, 0.29) is 12.6 Å². The molecule has 0 amide bonds. The van der Waals surface area contributed by atoms with Crippen molar-refractivity contribution < 1.29 is 5.11 Å². The van der Waals surface area contributed by atoms with Crippen LogP contribution < -0.4 is 16.6 Å². The van der Waals surface area contributed by atoms with Gasteiger partial charge in [-0.3, -0.25) is 0 Å². The van der Waals surface area contributed by atoms with Crippen molar-refractivity contribution >= 4 is 11.6 Å². The number of hydrogen-bond donors (Lipinski definition) is 4. The number of aliphatic hydroxyl groups excluding tert-OH is 1. The molecule has 0 saturated carbocycles. The van der Waals surface area contributed by atoms with Crippen molar-refractivity contribution in [2.45, 2.75) is 46.6 Å². The van der Waals surface area contributed by atoms with Crippen LogP contribution in [0.5, 0.6) is 0 Å². The summed E-state index contributed by atoms with van der Waals surface area (Å²) in [6.45, 7) is 8.16. The second-order valence-corrected chi connectivity index (χ2v) is 5.03. The third-order valence-corrected chi connectivity index (χ3v) is 3.13. The van der Waals surface area contributed by atoms with E-state index in [1.807, 2.05) is 6.92 Å². The molecule has 19 heavy (non-hydrogen) atoms. The number of hydrogen-bond acceptors (Lipinski definition) is 6. The minimum atomic E-state index is -0.0336. The monoisotopic (exact) mass is 267 g/mol. The van der Waals surface area contributed by atoms with Crippen molar-refractivity contribution in [1.82, 2.24) is 9.97 Å². The van der Waals surface area contributed by atoms with Gasteiger partial charge in [0.05, 0.1) is 12.6 Å². The zero-order valence-electron chi connectivity index (χ0n) is 12.2. The van der Waals surface area contributed by atoms with Crippen molar-refractivity contribution in [3.63, 3.8) is 0 Å². The third-order valence-electron chi connectivity index (χ3n) is 3.13. The fourth-order valence-corrected chi connectivity index (χ4v) is 1.78. The Morgan fingerprint density at radius 3 is 2.37 bits per heavy atom. The van der Waals surface area contributed by atoms with Gasteiger partial charge in [-0.15, -0.1) is 0 Å². The first-order valence-corrected chi connectivity index (χ1v) is 6.74. The first-order valence-electron chi connectivity index (χ1n) is 6.74. The van der Waals surface area contributed by atoms with Gasteiger partial charge in [-0.1, -0.05) is 20.8 Å². The van der Waals surface area contributed by atoms with E-state index >= 15 is 0 Å². The predicted molar refractivity (Wildman–Crippen MR) is 77.9 cm³/mol. The molecule has 0 unspecified atom stereocenters. The highest BCUT2D eigenvalue weighted by atomic mass is 16.3. The lowest BCUT2D eigenvalue weighted by Gasteiger charge is -2.22. The van der Waals surface area contributed by atoms with Crippen LogP contribution in [-0.4, -0.2) is 27.7 Å². The molecule has 0 aromatic carbocycles. The van der Waals surface area contributed by atoms with Gasteiger partial charge in [-0.2, -0.15) is 0 Å². The van der Waals surface area contributed by atoms with Crippen LogP contribution >= 0.6 is 0 Å². The van der Waals surface area contributed by atoms with E-state index in [2.05, 4.69) is 41.5 Å². The van der Waals surface area contributed by atoms with Crippen molar-refractivity contribution in [3.8, 4) is 0 Å². The molecule has 1 heterocycles. The lowest BCUT2D eigenvalue weighted by Crippen LogP contribution is -2.30. The van der Waals surface area contributed by atoms with Crippen LogP contribution in [0.15, 0.2) is 0 Å². The molecule has 108 valence electrons. The largest absolute Gasteiger partial charge is 0.394 e. The molecule has 0 bridgehead atoms. The first-order chi connectivity index (χ1) is 9.03. The lowest BCUT2D eigenvalue weighted by atomic mass is 10.1. The molecule has 5 N–H and O–H groups in total. The SMILES string of the molecule is CCCc1nc(NN)c(C)c(N[C@H](CO)C(C)C)n1. The summed E-state index contributed by atoms with van der Waals surface area (Å²) in [6.07, 6.45) is 1.77. The summed E-state index contributed by atoms with van der Waals surface area (Å²) in [7, 11) is 0. The number of nitrogens with one attached hydrogen (secondary N) is 2. The Morgan fingerprint density at radius 1 is 1.26 bits per heavy atom. The molecule has 6 heteroatoms. The number of rotatable bonds is 7. The molecule has 0 aliphatic rings. The van der Waals surface area contributed by atoms with Gasteiger partial charge in [0.2, 0.25) is 0 Å². The molecule has 0 aliphatic carbocycles. The highest BCUT2D eigenvalue weighted by Crippen LogP contribution is 2.21. The molecule has 0 saturated heterocycles. The van der Waals surface area contributed by atoms with Gasteiger partial charge in [0.1, 0.15) is 17.5 Å². The van der Waals surface area contributed by atoms with E-state index in [9.17, 15) is 5.11 Å². The first kappa shape index (κ1) is 15.7. The van der Waals surface area contributed by atoms with Crippen LogP contribution in [0.3, 0.4) is 0 Å².